The maximum atomic E-state index is 13.8. The standard InChI is InChI=1S/C23H23F5N2O2/c1-22(2,32)13-18(31)5-3-4-6-19-21(14-9-16(24)12-17(25)10-14)20-11-15(23(26,27)28)7-8-30(20)29-19/h7-12,32H,3-6,13H2,1-2H3. The minimum atomic E-state index is -4.59. The topological polar surface area (TPSA) is 54.6 Å². The molecule has 1 aromatic carbocycles. The van der Waals surface area contributed by atoms with Crippen molar-refractivity contribution in [3.63, 3.8) is 0 Å². The van der Waals surface area contributed by atoms with E-state index in [4.69, 9.17) is 0 Å². The highest BCUT2D eigenvalue weighted by atomic mass is 19.4. The molecule has 0 aliphatic rings. The number of hydrogen-bond acceptors (Lipinski definition) is 3. The fraction of sp³-hybridized carbons (Fsp3) is 0.391. The smallest absolute Gasteiger partial charge is 0.390 e. The molecule has 3 aromatic rings. The first-order valence-corrected chi connectivity index (χ1v) is 10.1. The van der Waals surface area contributed by atoms with Gasteiger partial charge in [0.1, 0.15) is 17.4 Å². The van der Waals surface area contributed by atoms with Crippen molar-refractivity contribution in [1.82, 2.24) is 9.61 Å². The molecule has 2 heterocycles. The highest BCUT2D eigenvalue weighted by Crippen LogP contribution is 2.35. The van der Waals surface area contributed by atoms with Gasteiger partial charge < -0.3 is 5.11 Å². The molecular weight excluding hydrogens is 431 g/mol. The minimum Gasteiger partial charge on any atom is -0.390 e. The maximum Gasteiger partial charge on any atom is 0.416 e. The molecule has 0 fully saturated rings. The van der Waals surface area contributed by atoms with Crippen LogP contribution in [-0.4, -0.2) is 26.1 Å². The molecule has 32 heavy (non-hydrogen) atoms. The van der Waals surface area contributed by atoms with E-state index in [-0.39, 0.29) is 35.3 Å². The van der Waals surface area contributed by atoms with Crippen molar-refractivity contribution in [2.75, 3.05) is 0 Å². The normalized spacial score (nSPS) is 12.5. The largest absolute Gasteiger partial charge is 0.416 e. The number of rotatable bonds is 8. The van der Waals surface area contributed by atoms with Crippen LogP contribution in [0.15, 0.2) is 36.5 Å². The summed E-state index contributed by atoms with van der Waals surface area (Å²) in [7, 11) is 0. The summed E-state index contributed by atoms with van der Waals surface area (Å²) in [6, 6.07) is 4.58. The zero-order valence-corrected chi connectivity index (χ0v) is 17.6. The third kappa shape index (κ3) is 5.91. The van der Waals surface area contributed by atoms with E-state index in [0.717, 1.165) is 30.5 Å². The fourth-order valence-electron chi connectivity index (χ4n) is 3.64. The van der Waals surface area contributed by atoms with Crippen molar-refractivity contribution in [1.29, 1.82) is 0 Å². The Labute approximate surface area is 181 Å². The van der Waals surface area contributed by atoms with Gasteiger partial charge in [0.05, 0.1) is 22.4 Å². The van der Waals surface area contributed by atoms with E-state index in [1.807, 2.05) is 0 Å². The van der Waals surface area contributed by atoms with Crippen LogP contribution in [-0.2, 0) is 17.4 Å². The van der Waals surface area contributed by atoms with Crippen LogP contribution in [0, 0.1) is 11.6 Å². The summed E-state index contributed by atoms with van der Waals surface area (Å²) in [6.45, 7) is 3.09. The van der Waals surface area contributed by atoms with E-state index in [1.165, 1.54) is 4.52 Å². The fourth-order valence-corrected chi connectivity index (χ4v) is 3.64. The molecule has 0 radical (unpaired) electrons. The molecule has 0 saturated carbocycles. The van der Waals surface area contributed by atoms with Crippen molar-refractivity contribution in [3.05, 3.63) is 59.4 Å². The second kappa shape index (κ2) is 8.97. The SMILES string of the molecule is CC(C)(O)CC(=O)CCCCc1nn2ccc(C(F)(F)F)cc2c1-c1cc(F)cc(F)c1. The summed E-state index contributed by atoms with van der Waals surface area (Å²) in [5, 5.41) is 14.0. The van der Waals surface area contributed by atoms with Gasteiger partial charge in [-0.25, -0.2) is 13.3 Å². The number of fused-ring (bicyclic) bond motifs is 1. The van der Waals surface area contributed by atoms with E-state index in [0.29, 0.717) is 31.0 Å². The van der Waals surface area contributed by atoms with Crippen LogP contribution in [0.3, 0.4) is 0 Å². The first-order valence-electron chi connectivity index (χ1n) is 10.1. The highest BCUT2D eigenvalue weighted by Gasteiger charge is 2.31. The lowest BCUT2D eigenvalue weighted by Crippen LogP contribution is -2.23. The Balaban J connectivity index is 1.92. The third-order valence-corrected chi connectivity index (χ3v) is 4.94. The molecule has 2 aromatic heterocycles. The zero-order chi connectivity index (χ0) is 23.7. The molecule has 4 nitrogen and oxygen atoms in total. The molecule has 1 N–H and O–H groups in total. The number of pyridine rings is 1. The van der Waals surface area contributed by atoms with Crippen LogP contribution in [0.25, 0.3) is 16.6 Å². The molecule has 0 spiro atoms. The van der Waals surface area contributed by atoms with Crippen molar-refractivity contribution < 1.29 is 31.9 Å². The number of aryl methyl sites for hydroxylation is 1. The molecule has 0 bridgehead atoms. The summed E-state index contributed by atoms with van der Waals surface area (Å²) in [6.07, 6.45) is -1.90. The van der Waals surface area contributed by atoms with Gasteiger partial charge in [0.2, 0.25) is 0 Å². The highest BCUT2D eigenvalue weighted by molar-refractivity contribution is 5.83. The summed E-state index contributed by atoms with van der Waals surface area (Å²) < 4.78 is 68.6. The Morgan fingerprint density at radius 1 is 1.06 bits per heavy atom. The summed E-state index contributed by atoms with van der Waals surface area (Å²) in [4.78, 5) is 11.9. The first kappa shape index (κ1) is 23.8. The van der Waals surface area contributed by atoms with Crippen LogP contribution < -0.4 is 0 Å². The Bertz CT molecular complexity index is 1110. The van der Waals surface area contributed by atoms with Crippen LogP contribution in [0.2, 0.25) is 0 Å². The maximum absolute atomic E-state index is 13.8. The lowest BCUT2D eigenvalue weighted by atomic mass is 9.97. The molecular formula is C23H23F5N2O2. The molecule has 0 unspecified atom stereocenters. The molecule has 3 rings (SSSR count). The molecule has 0 saturated heterocycles. The first-order chi connectivity index (χ1) is 14.8. The predicted octanol–water partition coefficient (Wildman–Crippen LogP) is 5.74. The number of unbranched alkanes of at least 4 members (excludes halogenated alkanes) is 1. The number of ketones is 1. The second-order valence-electron chi connectivity index (χ2n) is 8.46. The number of aromatic nitrogens is 2. The van der Waals surface area contributed by atoms with Crippen molar-refractivity contribution in [2.24, 2.45) is 0 Å². The lowest BCUT2D eigenvalue weighted by Gasteiger charge is -2.15. The molecule has 0 aliphatic heterocycles. The van der Waals surface area contributed by atoms with Gasteiger partial charge in [-0.1, -0.05) is 0 Å². The Kier molecular flexibility index (Phi) is 6.69. The Morgan fingerprint density at radius 2 is 1.72 bits per heavy atom. The number of hydrogen-bond donors (Lipinski definition) is 1. The molecule has 0 atom stereocenters. The van der Waals surface area contributed by atoms with Gasteiger partial charge in [0.25, 0.3) is 0 Å². The minimum absolute atomic E-state index is 0.0232. The van der Waals surface area contributed by atoms with Crippen molar-refractivity contribution in [2.45, 2.75) is 57.7 Å². The van der Waals surface area contributed by atoms with Gasteiger partial charge in [-0.15, -0.1) is 0 Å². The van der Waals surface area contributed by atoms with Crippen LogP contribution >= 0.6 is 0 Å². The van der Waals surface area contributed by atoms with Crippen LogP contribution in [0.4, 0.5) is 22.0 Å². The van der Waals surface area contributed by atoms with Gasteiger partial charge in [-0.3, -0.25) is 4.79 Å². The van der Waals surface area contributed by atoms with Crippen LogP contribution in [0.1, 0.15) is 50.8 Å². The number of benzene rings is 1. The summed E-state index contributed by atoms with van der Waals surface area (Å²) in [5.74, 6) is -1.81. The predicted molar refractivity (Wildman–Crippen MR) is 109 cm³/mol. The van der Waals surface area contributed by atoms with Gasteiger partial charge in [-0.05, 0) is 62.9 Å². The van der Waals surface area contributed by atoms with E-state index in [2.05, 4.69) is 5.10 Å². The number of carbonyl (C=O) groups excluding carboxylic acids is 1. The zero-order valence-electron chi connectivity index (χ0n) is 17.6. The average molecular weight is 454 g/mol. The molecule has 9 heteroatoms. The van der Waals surface area contributed by atoms with Crippen LogP contribution in [0.5, 0.6) is 0 Å². The van der Waals surface area contributed by atoms with Gasteiger partial charge in [0.15, 0.2) is 0 Å². The van der Waals surface area contributed by atoms with Gasteiger partial charge in [0, 0.05) is 30.7 Å². The van der Waals surface area contributed by atoms with E-state index in [9.17, 15) is 31.9 Å². The number of alkyl halides is 3. The summed E-state index contributed by atoms with van der Waals surface area (Å²) >= 11 is 0. The van der Waals surface area contributed by atoms with Crippen molar-refractivity contribution >= 4 is 11.3 Å². The number of halogens is 5. The van der Waals surface area contributed by atoms with E-state index in [1.54, 1.807) is 13.8 Å². The summed E-state index contributed by atoms with van der Waals surface area (Å²) in [5.41, 5.74) is -1.22. The molecule has 0 aliphatic carbocycles. The lowest BCUT2D eigenvalue weighted by molar-refractivity contribution is -0.137. The average Bonchev–Trinajstić information content (AvgIpc) is 2.99. The van der Waals surface area contributed by atoms with Crippen molar-refractivity contribution in [3.8, 4) is 11.1 Å². The quantitative estimate of drug-likeness (QED) is 0.349. The number of nitrogens with zero attached hydrogens (tertiary/aromatic N) is 2. The third-order valence-electron chi connectivity index (χ3n) is 4.94. The Hall–Kier alpha value is -2.81. The van der Waals surface area contributed by atoms with E-state index < -0.39 is 29.0 Å². The van der Waals surface area contributed by atoms with Gasteiger partial charge >= 0.3 is 6.18 Å². The van der Waals surface area contributed by atoms with Gasteiger partial charge in [-0.2, -0.15) is 18.3 Å². The van der Waals surface area contributed by atoms with E-state index >= 15 is 0 Å². The molecule has 0 amide bonds. The number of aliphatic hydroxyl groups is 1. The Morgan fingerprint density at radius 3 is 2.31 bits per heavy atom. The second-order valence-corrected chi connectivity index (χ2v) is 8.46. The molecule has 172 valence electrons. The monoisotopic (exact) mass is 454 g/mol. The number of Topliss-reactive ketones (excluding diaryl/α,β-unsaturated/α-hetero) is 1. The number of carbonyl (C=O) groups is 1.